The van der Waals surface area contributed by atoms with Crippen LogP contribution in [0.1, 0.15) is 10.4 Å². The summed E-state index contributed by atoms with van der Waals surface area (Å²) in [5, 5.41) is 23.2. The highest BCUT2D eigenvalue weighted by Crippen LogP contribution is 2.37. The first-order chi connectivity index (χ1) is 14.8. The zero-order chi connectivity index (χ0) is 22.2. The summed E-state index contributed by atoms with van der Waals surface area (Å²) in [5.41, 5.74) is 0.703. The van der Waals surface area contributed by atoms with E-state index in [0.717, 1.165) is 6.07 Å². The van der Waals surface area contributed by atoms with Crippen molar-refractivity contribution >= 4 is 49.9 Å². The summed E-state index contributed by atoms with van der Waals surface area (Å²) in [6.45, 7) is 0.973. The maximum Gasteiger partial charge on any atom is 0.335 e. The van der Waals surface area contributed by atoms with Gasteiger partial charge in [0.1, 0.15) is 10.6 Å². The number of anilines is 2. The lowest BCUT2D eigenvalue weighted by atomic mass is 10.1. The minimum atomic E-state index is -3.94. The van der Waals surface area contributed by atoms with Crippen LogP contribution in [0.2, 0.25) is 5.02 Å². The lowest BCUT2D eigenvalue weighted by molar-refractivity contribution is 0.0696. The second-order valence-electron chi connectivity index (χ2n) is 6.84. The number of phenolic OH excluding ortho intramolecular Hbond substituents is 1. The fourth-order valence-corrected chi connectivity index (χ4v) is 4.99. The SMILES string of the molecule is O=C(O)c1ccc(Nc2c(S(=O)(=O)N3CCOCC3)cnc3ccc(Cl)cc23)c(O)c1. The van der Waals surface area contributed by atoms with Crippen LogP contribution in [-0.2, 0) is 14.8 Å². The van der Waals surface area contributed by atoms with Gasteiger partial charge in [0.2, 0.25) is 10.0 Å². The molecule has 31 heavy (non-hydrogen) atoms. The number of carbonyl (C=O) groups is 1. The Bertz CT molecular complexity index is 1280. The molecule has 1 aliphatic rings. The number of fused-ring (bicyclic) bond motifs is 1. The molecule has 162 valence electrons. The van der Waals surface area contributed by atoms with E-state index in [0.29, 0.717) is 15.9 Å². The second kappa shape index (κ2) is 8.31. The zero-order valence-electron chi connectivity index (χ0n) is 16.1. The quantitative estimate of drug-likeness (QED) is 0.492. The molecule has 3 N–H and O–H groups in total. The summed E-state index contributed by atoms with van der Waals surface area (Å²) in [4.78, 5) is 15.3. The highest BCUT2D eigenvalue weighted by Gasteiger charge is 2.30. The third kappa shape index (κ3) is 4.15. The topological polar surface area (TPSA) is 129 Å². The molecule has 4 rings (SSSR count). The van der Waals surface area contributed by atoms with Gasteiger partial charge in [0, 0.05) is 29.7 Å². The monoisotopic (exact) mass is 463 g/mol. The molecule has 0 spiro atoms. The number of benzene rings is 2. The lowest BCUT2D eigenvalue weighted by Crippen LogP contribution is -2.40. The largest absolute Gasteiger partial charge is 0.506 e. The maximum absolute atomic E-state index is 13.4. The maximum atomic E-state index is 13.4. The highest BCUT2D eigenvalue weighted by molar-refractivity contribution is 7.89. The highest BCUT2D eigenvalue weighted by atomic mass is 35.5. The van der Waals surface area contributed by atoms with Crippen LogP contribution in [0.4, 0.5) is 11.4 Å². The third-order valence-corrected chi connectivity index (χ3v) is 7.03. The van der Waals surface area contributed by atoms with Gasteiger partial charge in [-0.3, -0.25) is 4.98 Å². The Labute approximate surface area is 182 Å². The van der Waals surface area contributed by atoms with E-state index in [1.165, 1.54) is 22.6 Å². The molecule has 0 amide bonds. The molecule has 0 atom stereocenters. The van der Waals surface area contributed by atoms with Gasteiger partial charge >= 0.3 is 5.97 Å². The lowest BCUT2D eigenvalue weighted by Gasteiger charge is -2.27. The summed E-state index contributed by atoms with van der Waals surface area (Å²) >= 11 is 6.15. The fourth-order valence-electron chi connectivity index (χ4n) is 3.30. The van der Waals surface area contributed by atoms with Crippen LogP contribution in [0, 0.1) is 0 Å². The van der Waals surface area contributed by atoms with Crippen molar-refractivity contribution in [3.8, 4) is 5.75 Å². The molecule has 0 aliphatic carbocycles. The molecule has 0 bridgehead atoms. The van der Waals surface area contributed by atoms with Gasteiger partial charge in [-0.2, -0.15) is 4.31 Å². The van der Waals surface area contributed by atoms with Crippen molar-refractivity contribution in [3.05, 3.63) is 53.2 Å². The molecule has 0 unspecified atom stereocenters. The van der Waals surface area contributed by atoms with Gasteiger partial charge < -0.3 is 20.3 Å². The molecule has 9 nitrogen and oxygen atoms in total. The van der Waals surface area contributed by atoms with Crippen LogP contribution in [0.15, 0.2) is 47.5 Å². The molecule has 0 radical (unpaired) electrons. The van der Waals surface area contributed by atoms with Crippen molar-refractivity contribution < 1.29 is 28.2 Å². The number of nitrogens with zero attached hydrogens (tertiary/aromatic N) is 2. The number of halogens is 1. The number of pyridine rings is 1. The van der Waals surface area contributed by atoms with Gasteiger partial charge in [-0.15, -0.1) is 0 Å². The first kappa shape index (κ1) is 21.3. The van der Waals surface area contributed by atoms with E-state index in [1.807, 2.05) is 0 Å². The summed E-state index contributed by atoms with van der Waals surface area (Å²) in [5.74, 6) is -1.54. The van der Waals surface area contributed by atoms with Crippen LogP contribution in [0.3, 0.4) is 0 Å². The number of nitrogens with one attached hydrogen (secondary N) is 1. The number of morpholine rings is 1. The van der Waals surface area contributed by atoms with Gasteiger partial charge in [0.05, 0.1) is 35.7 Å². The van der Waals surface area contributed by atoms with Crippen LogP contribution >= 0.6 is 11.6 Å². The molecule has 1 saturated heterocycles. The number of aromatic hydroxyl groups is 1. The van der Waals surface area contributed by atoms with Gasteiger partial charge in [-0.05, 0) is 36.4 Å². The number of carboxylic acid groups (broad SMARTS) is 1. The summed E-state index contributed by atoms with van der Waals surface area (Å²) in [7, 11) is -3.94. The molecule has 3 aromatic rings. The van der Waals surface area contributed by atoms with E-state index in [4.69, 9.17) is 21.4 Å². The van der Waals surface area contributed by atoms with Crippen molar-refractivity contribution in [1.29, 1.82) is 0 Å². The number of hydrogen-bond acceptors (Lipinski definition) is 7. The normalized spacial score (nSPS) is 15.1. The van der Waals surface area contributed by atoms with Crippen molar-refractivity contribution in [2.75, 3.05) is 31.6 Å². The Balaban J connectivity index is 1.88. The number of aromatic nitrogens is 1. The van der Waals surface area contributed by atoms with E-state index >= 15 is 0 Å². The summed E-state index contributed by atoms with van der Waals surface area (Å²) < 4.78 is 33.3. The van der Waals surface area contributed by atoms with E-state index in [9.17, 15) is 18.3 Å². The van der Waals surface area contributed by atoms with Crippen molar-refractivity contribution in [3.63, 3.8) is 0 Å². The molecule has 1 aliphatic heterocycles. The van der Waals surface area contributed by atoms with Crippen LogP contribution in [0.5, 0.6) is 5.75 Å². The van der Waals surface area contributed by atoms with Crippen molar-refractivity contribution in [1.82, 2.24) is 9.29 Å². The second-order valence-corrected chi connectivity index (χ2v) is 9.18. The van der Waals surface area contributed by atoms with E-state index in [-0.39, 0.29) is 53.9 Å². The Morgan fingerprint density at radius 2 is 1.90 bits per heavy atom. The number of sulfonamides is 1. The van der Waals surface area contributed by atoms with Crippen molar-refractivity contribution in [2.45, 2.75) is 4.90 Å². The smallest absolute Gasteiger partial charge is 0.335 e. The number of hydrogen-bond donors (Lipinski definition) is 3. The molecule has 2 aromatic carbocycles. The number of phenols is 1. The van der Waals surface area contributed by atoms with Gasteiger partial charge in [-0.25, -0.2) is 13.2 Å². The van der Waals surface area contributed by atoms with E-state index in [2.05, 4.69) is 10.3 Å². The Morgan fingerprint density at radius 3 is 2.58 bits per heavy atom. The number of carboxylic acids is 1. The van der Waals surface area contributed by atoms with Crippen LogP contribution in [-0.4, -0.2) is 60.2 Å². The Kier molecular flexibility index (Phi) is 5.71. The number of aromatic carboxylic acids is 1. The third-order valence-electron chi connectivity index (χ3n) is 4.89. The minimum Gasteiger partial charge on any atom is -0.506 e. The molecule has 0 saturated carbocycles. The molecule has 11 heteroatoms. The van der Waals surface area contributed by atoms with Crippen LogP contribution in [0.25, 0.3) is 10.9 Å². The molecule has 2 heterocycles. The zero-order valence-corrected chi connectivity index (χ0v) is 17.7. The predicted octanol–water partition coefficient (Wildman–Crippen LogP) is 3.06. The average molecular weight is 464 g/mol. The van der Waals surface area contributed by atoms with Gasteiger partial charge in [-0.1, -0.05) is 11.6 Å². The summed E-state index contributed by atoms with van der Waals surface area (Å²) in [6, 6.07) is 8.61. The summed E-state index contributed by atoms with van der Waals surface area (Å²) in [6.07, 6.45) is 1.26. The molecular weight excluding hydrogens is 446 g/mol. The average Bonchev–Trinajstić information content (AvgIpc) is 2.75. The fraction of sp³-hybridized carbons (Fsp3) is 0.200. The van der Waals surface area contributed by atoms with Crippen LogP contribution < -0.4 is 5.32 Å². The standard InChI is InChI=1S/C20H18ClN3O6S/c21-13-2-4-15-14(10-13)19(23-16-3-1-12(20(26)27)9-17(16)25)18(11-22-15)31(28,29)24-5-7-30-8-6-24/h1-4,9-11,25H,5-8H2,(H,22,23)(H,26,27). The number of ether oxygens (including phenoxy) is 1. The Morgan fingerprint density at radius 1 is 1.16 bits per heavy atom. The van der Waals surface area contributed by atoms with Gasteiger partial charge in [0.25, 0.3) is 0 Å². The first-order valence-electron chi connectivity index (χ1n) is 9.27. The molecule has 1 fully saturated rings. The van der Waals surface area contributed by atoms with Gasteiger partial charge in [0.15, 0.2) is 0 Å². The first-order valence-corrected chi connectivity index (χ1v) is 11.1. The predicted molar refractivity (Wildman–Crippen MR) is 115 cm³/mol. The number of rotatable bonds is 5. The van der Waals surface area contributed by atoms with E-state index in [1.54, 1.807) is 18.2 Å². The van der Waals surface area contributed by atoms with Crippen molar-refractivity contribution in [2.24, 2.45) is 0 Å². The van der Waals surface area contributed by atoms with E-state index < -0.39 is 16.0 Å². The minimum absolute atomic E-state index is 0.0918. The Hall–Kier alpha value is -2.92. The molecular formula is C20H18ClN3O6S. The molecule has 1 aromatic heterocycles.